The normalized spacial score (nSPS) is 10.5. The summed E-state index contributed by atoms with van der Waals surface area (Å²) in [6.07, 6.45) is 1.65. The molecule has 0 atom stereocenters. The van der Waals surface area contributed by atoms with Crippen LogP contribution in [-0.4, -0.2) is 28.9 Å². The van der Waals surface area contributed by atoms with E-state index in [0.717, 1.165) is 5.56 Å². The molecule has 0 aliphatic heterocycles. The summed E-state index contributed by atoms with van der Waals surface area (Å²) in [5.41, 5.74) is 1.05. The fourth-order valence-corrected chi connectivity index (χ4v) is 1.83. The molecule has 1 amide bonds. The van der Waals surface area contributed by atoms with E-state index < -0.39 is 0 Å². The van der Waals surface area contributed by atoms with Gasteiger partial charge >= 0.3 is 0 Å². The van der Waals surface area contributed by atoms with Crippen molar-refractivity contribution >= 4 is 23.3 Å². The minimum absolute atomic E-state index is 0.0443. The lowest BCUT2D eigenvalue weighted by molar-refractivity contribution is -0.120. The molecule has 20 heavy (non-hydrogen) atoms. The van der Waals surface area contributed by atoms with Crippen LogP contribution in [0.4, 0.5) is 5.82 Å². The SMILES string of the molecule is CCOCC(=O)Nc1ccnn1Cc1ccc(Cl)cc1. The number of rotatable bonds is 6. The molecule has 6 heteroatoms. The number of aromatic nitrogens is 2. The summed E-state index contributed by atoms with van der Waals surface area (Å²) < 4.78 is 6.77. The van der Waals surface area contributed by atoms with Crippen molar-refractivity contribution < 1.29 is 9.53 Å². The Morgan fingerprint density at radius 2 is 2.10 bits per heavy atom. The van der Waals surface area contributed by atoms with Crippen LogP contribution >= 0.6 is 11.6 Å². The highest BCUT2D eigenvalue weighted by Crippen LogP contribution is 2.13. The third-order valence-corrected chi connectivity index (χ3v) is 2.92. The fourth-order valence-electron chi connectivity index (χ4n) is 1.70. The van der Waals surface area contributed by atoms with Crippen LogP contribution in [0, 0.1) is 0 Å². The largest absolute Gasteiger partial charge is 0.372 e. The van der Waals surface area contributed by atoms with Crippen molar-refractivity contribution in [3.8, 4) is 0 Å². The molecule has 2 aromatic rings. The van der Waals surface area contributed by atoms with Crippen molar-refractivity contribution in [2.75, 3.05) is 18.5 Å². The van der Waals surface area contributed by atoms with Crippen molar-refractivity contribution in [2.24, 2.45) is 0 Å². The number of carbonyl (C=O) groups excluding carboxylic acids is 1. The number of nitrogens with one attached hydrogen (secondary N) is 1. The summed E-state index contributed by atoms with van der Waals surface area (Å²) in [5, 5.41) is 7.66. The minimum atomic E-state index is -0.190. The topological polar surface area (TPSA) is 56.1 Å². The highest BCUT2D eigenvalue weighted by atomic mass is 35.5. The van der Waals surface area contributed by atoms with Crippen LogP contribution < -0.4 is 5.32 Å². The minimum Gasteiger partial charge on any atom is -0.372 e. The second-order valence-corrected chi connectivity index (χ2v) is 4.62. The zero-order valence-electron chi connectivity index (χ0n) is 11.2. The van der Waals surface area contributed by atoms with E-state index in [1.807, 2.05) is 31.2 Å². The molecule has 2 rings (SSSR count). The summed E-state index contributed by atoms with van der Waals surface area (Å²) in [6, 6.07) is 9.26. The van der Waals surface area contributed by atoms with Crippen molar-refractivity contribution in [3.05, 3.63) is 47.1 Å². The number of nitrogens with zero attached hydrogens (tertiary/aromatic N) is 2. The van der Waals surface area contributed by atoms with Crippen molar-refractivity contribution in [1.82, 2.24) is 9.78 Å². The first-order chi connectivity index (χ1) is 9.69. The molecule has 0 saturated heterocycles. The van der Waals surface area contributed by atoms with Crippen LogP contribution in [0.5, 0.6) is 0 Å². The van der Waals surface area contributed by atoms with Crippen molar-refractivity contribution in [2.45, 2.75) is 13.5 Å². The zero-order chi connectivity index (χ0) is 14.4. The number of ether oxygens (including phenoxy) is 1. The number of hydrogen-bond donors (Lipinski definition) is 1. The van der Waals surface area contributed by atoms with E-state index in [9.17, 15) is 4.79 Å². The average molecular weight is 294 g/mol. The van der Waals surface area contributed by atoms with Crippen LogP contribution in [0.25, 0.3) is 0 Å². The second-order valence-electron chi connectivity index (χ2n) is 4.19. The van der Waals surface area contributed by atoms with Gasteiger partial charge in [0.05, 0.1) is 12.7 Å². The Labute approximate surface area is 122 Å². The van der Waals surface area contributed by atoms with E-state index in [1.165, 1.54) is 0 Å². The van der Waals surface area contributed by atoms with Gasteiger partial charge in [0, 0.05) is 17.7 Å². The van der Waals surface area contributed by atoms with E-state index in [4.69, 9.17) is 16.3 Å². The molecule has 0 spiro atoms. The lowest BCUT2D eigenvalue weighted by atomic mass is 10.2. The molecule has 1 aromatic carbocycles. The van der Waals surface area contributed by atoms with Gasteiger partial charge < -0.3 is 10.1 Å². The number of benzene rings is 1. The standard InChI is InChI=1S/C14H16ClN3O2/c1-2-20-10-14(19)17-13-7-8-16-18(13)9-11-3-5-12(15)6-4-11/h3-8H,2,9-10H2,1H3,(H,17,19). The Balaban J connectivity index is 2.01. The maximum atomic E-state index is 11.6. The molecule has 0 unspecified atom stereocenters. The van der Waals surface area contributed by atoms with E-state index in [1.54, 1.807) is 16.9 Å². The molecule has 5 nitrogen and oxygen atoms in total. The Kier molecular flexibility index (Phi) is 5.15. The van der Waals surface area contributed by atoms with E-state index in [0.29, 0.717) is 24.0 Å². The lowest BCUT2D eigenvalue weighted by Crippen LogP contribution is -2.20. The van der Waals surface area contributed by atoms with Crippen LogP contribution in [0.15, 0.2) is 36.5 Å². The van der Waals surface area contributed by atoms with Gasteiger partial charge in [-0.15, -0.1) is 0 Å². The number of amides is 1. The summed E-state index contributed by atoms with van der Waals surface area (Å²) in [7, 11) is 0. The maximum Gasteiger partial charge on any atom is 0.251 e. The van der Waals surface area contributed by atoms with Crippen molar-refractivity contribution in [3.63, 3.8) is 0 Å². The summed E-state index contributed by atoms with van der Waals surface area (Å²) in [6.45, 7) is 2.96. The molecule has 0 aliphatic rings. The second kappa shape index (κ2) is 7.07. The van der Waals surface area contributed by atoms with Gasteiger partial charge in [-0.1, -0.05) is 23.7 Å². The van der Waals surface area contributed by atoms with Gasteiger partial charge in [0.15, 0.2) is 0 Å². The lowest BCUT2D eigenvalue weighted by Gasteiger charge is -2.09. The van der Waals surface area contributed by atoms with Gasteiger partial charge in [-0.3, -0.25) is 4.79 Å². The third-order valence-electron chi connectivity index (χ3n) is 2.67. The molecule has 0 aliphatic carbocycles. The molecule has 0 radical (unpaired) electrons. The van der Waals surface area contributed by atoms with Crippen molar-refractivity contribution in [1.29, 1.82) is 0 Å². The van der Waals surface area contributed by atoms with E-state index in [2.05, 4.69) is 10.4 Å². The number of carbonyl (C=O) groups is 1. The maximum absolute atomic E-state index is 11.6. The van der Waals surface area contributed by atoms with Gasteiger partial charge in [-0.05, 0) is 24.6 Å². The quantitative estimate of drug-likeness (QED) is 0.890. The molecule has 106 valence electrons. The van der Waals surface area contributed by atoms with Gasteiger partial charge in [-0.2, -0.15) is 5.10 Å². The smallest absolute Gasteiger partial charge is 0.251 e. The number of halogens is 1. The van der Waals surface area contributed by atoms with E-state index in [-0.39, 0.29) is 12.5 Å². The predicted octanol–water partition coefficient (Wildman–Crippen LogP) is 2.56. The summed E-state index contributed by atoms with van der Waals surface area (Å²) >= 11 is 5.85. The van der Waals surface area contributed by atoms with Crippen LogP contribution in [0.2, 0.25) is 5.02 Å². The molecule has 0 saturated carbocycles. The van der Waals surface area contributed by atoms with Gasteiger partial charge in [0.25, 0.3) is 5.91 Å². The molecule has 1 aromatic heterocycles. The molecule has 0 bridgehead atoms. The fraction of sp³-hybridized carbons (Fsp3) is 0.286. The van der Waals surface area contributed by atoms with Crippen LogP contribution in [0.3, 0.4) is 0 Å². The highest BCUT2D eigenvalue weighted by Gasteiger charge is 2.07. The highest BCUT2D eigenvalue weighted by molar-refractivity contribution is 6.30. The van der Waals surface area contributed by atoms with Gasteiger partial charge in [0.1, 0.15) is 12.4 Å². The molecular weight excluding hydrogens is 278 g/mol. The first kappa shape index (κ1) is 14.6. The van der Waals surface area contributed by atoms with E-state index >= 15 is 0 Å². The zero-order valence-corrected chi connectivity index (χ0v) is 11.9. The summed E-state index contributed by atoms with van der Waals surface area (Å²) in [5.74, 6) is 0.453. The average Bonchev–Trinajstić information content (AvgIpc) is 2.86. The monoisotopic (exact) mass is 293 g/mol. The Morgan fingerprint density at radius 3 is 2.80 bits per heavy atom. The predicted molar refractivity (Wildman–Crippen MR) is 77.9 cm³/mol. The number of anilines is 1. The van der Waals surface area contributed by atoms with Gasteiger partial charge in [-0.25, -0.2) is 4.68 Å². The number of hydrogen-bond acceptors (Lipinski definition) is 3. The Bertz CT molecular complexity index is 566. The molecule has 0 fully saturated rings. The molecular formula is C14H16ClN3O2. The Hall–Kier alpha value is -1.85. The van der Waals surface area contributed by atoms with Gasteiger partial charge in [0.2, 0.25) is 0 Å². The van der Waals surface area contributed by atoms with Crippen LogP contribution in [0.1, 0.15) is 12.5 Å². The first-order valence-corrected chi connectivity index (χ1v) is 6.70. The van der Waals surface area contributed by atoms with Crippen LogP contribution in [-0.2, 0) is 16.1 Å². The summed E-state index contributed by atoms with van der Waals surface area (Å²) in [4.78, 5) is 11.6. The first-order valence-electron chi connectivity index (χ1n) is 6.33. The Morgan fingerprint density at radius 1 is 1.35 bits per heavy atom. The third kappa shape index (κ3) is 4.08. The molecule has 1 N–H and O–H groups in total. The molecule has 1 heterocycles.